The predicted octanol–water partition coefficient (Wildman–Crippen LogP) is 3.66. The van der Waals surface area contributed by atoms with E-state index in [4.69, 9.17) is 16.3 Å². The molecule has 7 heteroatoms. The highest BCUT2D eigenvalue weighted by atomic mass is 35.5. The Kier molecular flexibility index (Phi) is 8.19. The number of aliphatic hydroxyl groups excluding tert-OH is 2. The maximum Gasteiger partial charge on any atom is 0.322 e. The van der Waals surface area contributed by atoms with E-state index < -0.39 is 30.0 Å². The van der Waals surface area contributed by atoms with Crippen molar-refractivity contribution in [2.75, 3.05) is 13.7 Å². The lowest BCUT2D eigenvalue weighted by molar-refractivity contribution is -0.214. The summed E-state index contributed by atoms with van der Waals surface area (Å²) in [5.41, 5.74) is 3.57. The van der Waals surface area contributed by atoms with Gasteiger partial charge in [-0.2, -0.15) is 0 Å². The molecule has 0 saturated carbocycles. The van der Waals surface area contributed by atoms with Gasteiger partial charge < -0.3 is 14.9 Å². The Labute approximate surface area is 201 Å². The van der Waals surface area contributed by atoms with Crippen molar-refractivity contribution < 1.29 is 19.7 Å². The maximum absolute atomic E-state index is 12.4. The minimum atomic E-state index is -0.995. The molecule has 6 nitrogen and oxygen atoms in total. The number of nitrogens with zero attached hydrogens (tertiary/aromatic N) is 2. The quantitative estimate of drug-likeness (QED) is 0.427. The van der Waals surface area contributed by atoms with E-state index in [-0.39, 0.29) is 0 Å². The van der Waals surface area contributed by atoms with Crippen LogP contribution in [0, 0.1) is 13.8 Å². The molecular formula is C26H35ClN2O4. The fourth-order valence-electron chi connectivity index (χ4n) is 4.77. The van der Waals surface area contributed by atoms with Gasteiger partial charge >= 0.3 is 5.97 Å². The van der Waals surface area contributed by atoms with Gasteiger partial charge in [0, 0.05) is 24.5 Å². The van der Waals surface area contributed by atoms with Crippen LogP contribution in [0.5, 0.6) is 0 Å². The molecule has 2 N–H and O–H groups in total. The van der Waals surface area contributed by atoms with Crippen LogP contribution in [0.3, 0.4) is 0 Å². The van der Waals surface area contributed by atoms with Gasteiger partial charge in [-0.25, -0.2) is 0 Å². The van der Waals surface area contributed by atoms with Gasteiger partial charge in [-0.15, -0.1) is 0 Å². The van der Waals surface area contributed by atoms with Crippen LogP contribution in [-0.4, -0.2) is 63.7 Å². The Morgan fingerprint density at radius 1 is 1.15 bits per heavy atom. The zero-order valence-corrected chi connectivity index (χ0v) is 20.8. The Morgan fingerprint density at radius 2 is 1.76 bits per heavy atom. The molecule has 1 heterocycles. The first-order chi connectivity index (χ1) is 15.5. The second-order valence-corrected chi connectivity index (χ2v) is 9.79. The molecule has 1 saturated heterocycles. The van der Waals surface area contributed by atoms with Gasteiger partial charge in [-0.1, -0.05) is 53.1 Å². The number of methoxy groups -OCH3 is 1. The van der Waals surface area contributed by atoms with Gasteiger partial charge in [0.25, 0.3) is 0 Å². The fraction of sp³-hybridized carbons (Fsp3) is 0.500. The molecule has 0 bridgehead atoms. The van der Waals surface area contributed by atoms with Crippen LogP contribution < -0.4 is 0 Å². The van der Waals surface area contributed by atoms with Crippen molar-refractivity contribution in [3.63, 3.8) is 0 Å². The standard InChI is InChI=1S/C26H35ClN2O4/c1-17-12-18(2)14-21(13-17)15-23(30)29-11-10-26(29,4)25(32)28(19(3)24(31)33-5)16-20-6-8-22(27)9-7-20/h6-9,12-14,19,23,25,30,32H,10-11,15-16H2,1-5H3. The molecule has 0 aliphatic carbocycles. The monoisotopic (exact) mass is 474 g/mol. The summed E-state index contributed by atoms with van der Waals surface area (Å²) in [6, 6.07) is 12.9. The number of hydrogen-bond donors (Lipinski definition) is 2. The number of carbonyl (C=O) groups excluding carboxylic acids is 1. The van der Waals surface area contributed by atoms with Gasteiger partial charge in [-0.05, 0) is 57.4 Å². The highest BCUT2D eigenvalue weighted by Gasteiger charge is 2.52. The summed E-state index contributed by atoms with van der Waals surface area (Å²) >= 11 is 6.02. The van der Waals surface area contributed by atoms with Gasteiger partial charge in [-0.3, -0.25) is 14.6 Å². The lowest BCUT2D eigenvalue weighted by Crippen LogP contribution is -2.72. The number of ether oxygens (including phenoxy) is 1. The van der Waals surface area contributed by atoms with Crippen LogP contribution in [0.25, 0.3) is 0 Å². The van der Waals surface area contributed by atoms with Crippen LogP contribution in [0.2, 0.25) is 5.02 Å². The minimum absolute atomic E-state index is 0.338. The van der Waals surface area contributed by atoms with E-state index in [2.05, 4.69) is 18.2 Å². The van der Waals surface area contributed by atoms with Crippen molar-refractivity contribution in [1.29, 1.82) is 0 Å². The third-order valence-electron chi connectivity index (χ3n) is 6.76. The second-order valence-electron chi connectivity index (χ2n) is 9.35. The summed E-state index contributed by atoms with van der Waals surface area (Å²) in [6.45, 7) is 8.76. The smallest absolute Gasteiger partial charge is 0.322 e. The summed E-state index contributed by atoms with van der Waals surface area (Å²) in [7, 11) is 1.34. The normalized spacial score (nSPS) is 21.4. The van der Waals surface area contributed by atoms with Crippen molar-refractivity contribution >= 4 is 17.6 Å². The molecule has 4 atom stereocenters. The summed E-state index contributed by atoms with van der Waals surface area (Å²) in [5.74, 6) is -0.423. The van der Waals surface area contributed by atoms with Gasteiger partial charge in [0.2, 0.25) is 0 Å². The first-order valence-corrected chi connectivity index (χ1v) is 11.7. The summed E-state index contributed by atoms with van der Waals surface area (Å²) < 4.78 is 4.96. The van der Waals surface area contributed by atoms with Gasteiger partial charge in [0.05, 0.1) is 12.6 Å². The first-order valence-electron chi connectivity index (χ1n) is 11.3. The Balaban J connectivity index is 1.81. The van der Waals surface area contributed by atoms with Crippen molar-refractivity contribution in [2.24, 2.45) is 0 Å². The molecule has 180 valence electrons. The van der Waals surface area contributed by atoms with E-state index in [1.807, 2.05) is 37.8 Å². The summed E-state index contributed by atoms with van der Waals surface area (Å²) in [6.07, 6.45) is -0.576. The Hall–Kier alpha value is -1.96. The highest BCUT2D eigenvalue weighted by molar-refractivity contribution is 6.30. The molecule has 0 amide bonds. The number of aliphatic hydroxyl groups is 2. The molecular weight excluding hydrogens is 440 g/mol. The number of halogens is 1. The van der Waals surface area contributed by atoms with E-state index in [9.17, 15) is 15.0 Å². The zero-order valence-electron chi connectivity index (χ0n) is 20.1. The molecule has 1 fully saturated rings. The molecule has 3 rings (SSSR count). The number of aryl methyl sites for hydroxylation is 2. The lowest BCUT2D eigenvalue weighted by Gasteiger charge is -2.57. The van der Waals surface area contributed by atoms with E-state index in [1.54, 1.807) is 24.0 Å². The largest absolute Gasteiger partial charge is 0.468 e. The van der Waals surface area contributed by atoms with E-state index >= 15 is 0 Å². The average Bonchev–Trinajstić information content (AvgIpc) is 2.75. The second kappa shape index (κ2) is 10.5. The number of benzene rings is 2. The number of likely N-dealkylation sites (tertiary alicyclic amines) is 1. The van der Waals surface area contributed by atoms with E-state index in [1.165, 1.54) is 7.11 Å². The molecule has 0 aromatic heterocycles. The molecule has 0 spiro atoms. The molecule has 33 heavy (non-hydrogen) atoms. The molecule has 2 aromatic carbocycles. The van der Waals surface area contributed by atoms with Crippen molar-refractivity contribution in [2.45, 2.75) is 71.1 Å². The minimum Gasteiger partial charge on any atom is -0.468 e. The summed E-state index contributed by atoms with van der Waals surface area (Å²) in [4.78, 5) is 16.0. The zero-order chi connectivity index (χ0) is 24.3. The third-order valence-corrected chi connectivity index (χ3v) is 7.02. The Bertz CT molecular complexity index is 947. The van der Waals surface area contributed by atoms with Crippen molar-refractivity contribution in [3.8, 4) is 0 Å². The maximum atomic E-state index is 12.4. The highest BCUT2D eigenvalue weighted by Crippen LogP contribution is 2.38. The van der Waals surface area contributed by atoms with Crippen molar-refractivity contribution in [3.05, 3.63) is 69.7 Å². The van der Waals surface area contributed by atoms with E-state index in [0.29, 0.717) is 31.0 Å². The molecule has 0 radical (unpaired) electrons. The number of carbonyl (C=O) groups is 1. The molecule has 2 aromatic rings. The fourth-order valence-corrected chi connectivity index (χ4v) is 4.89. The van der Waals surface area contributed by atoms with E-state index in [0.717, 1.165) is 22.3 Å². The Morgan fingerprint density at radius 3 is 2.27 bits per heavy atom. The van der Waals surface area contributed by atoms with Crippen LogP contribution in [-0.2, 0) is 22.5 Å². The molecule has 1 aliphatic rings. The summed E-state index contributed by atoms with van der Waals surface area (Å²) in [5, 5.41) is 23.2. The van der Waals surface area contributed by atoms with Gasteiger partial charge in [0.1, 0.15) is 18.5 Å². The number of rotatable bonds is 9. The number of esters is 1. The van der Waals surface area contributed by atoms with Crippen molar-refractivity contribution in [1.82, 2.24) is 9.80 Å². The third kappa shape index (κ3) is 5.76. The molecule has 4 unspecified atom stereocenters. The van der Waals surface area contributed by atoms with Crippen LogP contribution in [0.15, 0.2) is 42.5 Å². The first kappa shape index (κ1) is 25.7. The topological polar surface area (TPSA) is 73.2 Å². The average molecular weight is 475 g/mol. The van der Waals surface area contributed by atoms with Crippen LogP contribution in [0.4, 0.5) is 0 Å². The lowest BCUT2D eigenvalue weighted by atomic mass is 9.82. The molecule has 1 aliphatic heterocycles. The van der Waals surface area contributed by atoms with Crippen LogP contribution >= 0.6 is 11.6 Å². The van der Waals surface area contributed by atoms with Gasteiger partial charge in [0.15, 0.2) is 0 Å². The van der Waals surface area contributed by atoms with Crippen LogP contribution in [0.1, 0.15) is 42.5 Å². The SMILES string of the molecule is COC(=O)C(C)N(Cc1ccc(Cl)cc1)C(O)C1(C)CCN1C(O)Cc1cc(C)cc(C)c1. The number of hydrogen-bond acceptors (Lipinski definition) is 6. The predicted molar refractivity (Wildman–Crippen MR) is 130 cm³/mol.